The maximum absolute atomic E-state index is 11.8. The highest BCUT2D eigenvalue weighted by atomic mass is 32.2. The van der Waals surface area contributed by atoms with Crippen molar-refractivity contribution in [3.8, 4) is 0 Å². The number of hydrogen-bond donors (Lipinski definition) is 1. The van der Waals surface area contributed by atoms with Gasteiger partial charge in [-0.05, 0) is 12.1 Å². The van der Waals surface area contributed by atoms with Gasteiger partial charge in [-0.15, -0.1) is 0 Å². The fourth-order valence-corrected chi connectivity index (χ4v) is 2.13. The molecule has 0 aliphatic carbocycles. The third kappa shape index (κ3) is 6.04. The molecule has 0 aromatic carbocycles. The number of furan rings is 1. The molecule has 21 heavy (non-hydrogen) atoms. The molecule has 0 saturated carbocycles. The molecular weight excluding hydrogens is 313 g/mol. The number of alkyl halides is 3. The Bertz CT molecular complexity index is 540. The van der Waals surface area contributed by atoms with Crippen LogP contribution in [-0.4, -0.2) is 52.8 Å². The molecule has 122 valence electrons. The fraction of sp³-hybridized carbons (Fsp3) is 0.636. The first kappa shape index (κ1) is 18.0. The number of nitrogens with zero attached hydrogens (tertiary/aromatic N) is 1. The Morgan fingerprint density at radius 3 is 2.57 bits per heavy atom. The SMILES string of the molecule is CN(C)S(=O)(=O)c1ccc(CNCCOCC(F)(F)F)o1. The Morgan fingerprint density at radius 1 is 1.33 bits per heavy atom. The summed E-state index contributed by atoms with van der Waals surface area (Å²) in [6, 6.07) is 2.81. The largest absolute Gasteiger partial charge is 0.447 e. The number of rotatable bonds is 8. The normalized spacial score (nSPS) is 13.0. The lowest BCUT2D eigenvalue weighted by Crippen LogP contribution is -2.23. The number of nitrogens with one attached hydrogen (secondary N) is 1. The van der Waals surface area contributed by atoms with Gasteiger partial charge in [-0.2, -0.15) is 13.2 Å². The van der Waals surface area contributed by atoms with Gasteiger partial charge in [-0.25, -0.2) is 12.7 Å². The number of hydrogen-bond acceptors (Lipinski definition) is 5. The van der Waals surface area contributed by atoms with E-state index in [2.05, 4.69) is 10.1 Å². The van der Waals surface area contributed by atoms with Crippen LogP contribution in [0.5, 0.6) is 0 Å². The van der Waals surface area contributed by atoms with Crippen molar-refractivity contribution in [3.05, 3.63) is 17.9 Å². The van der Waals surface area contributed by atoms with Crippen molar-refractivity contribution in [1.29, 1.82) is 0 Å². The van der Waals surface area contributed by atoms with Gasteiger partial charge in [0.25, 0.3) is 10.0 Å². The molecule has 0 amide bonds. The Hall–Kier alpha value is -1.10. The molecule has 0 aliphatic rings. The highest BCUT2D eigenvalue weighted by molar-refractivity contribution is 7.88. The van der Waals surface area contributed by atoms with E-state index in [-0.39, 0.29) is 24.8 Å². The third-order valence-electron chi connectivity index (χ3n) is 2.36. The average Bonchev–Trinajstić information content (AvgIpc) is 2.81. The van der Waals surface area contributed by atoms with E-state index in [1.807, 2.05) is 0 Å². The summed E-state index contributed by atoms with van der Waals surface area (Å²) in [5, 5.41) is 2.60. The van der Waals surface area contributed by atoms with Crippen LogP contribution in [0, 0.1) is 0 Å². The lowest BCUT2D eigenvalue weighted by Gasteiger charge is -2.08. The van der Waals surface area contributed by atoms with Crippen molar-refractivity contribution < 1.29 is 30.7 Å². The van der Waals surface area contributed by atoms with E-state index in [1.165, 1.54) is 26.2 Å². The van der Waals surface area contributed by atoms with Crippen LogP contribution in [-0.2, 0) is 21.3 Å². The Kier molecular flexibility index (Phi) is 6.20. The van der Waals surface area contributed by atoms with Crippen LogP contribution >= 0.6 is 0 Å². The quantitative estimate of drug-likeness (QED) is 0.725. The van der Waals surface area contributed by atoms with Gasteiger partial charge in [0.1, 0.15) is 12.4 Å². The molecule has 0 aliphatic heterocycles. The maximum atomic E-state index is 11.8. The molecule has 1 aromatic rings. The molecular formula is C11H17F3N2O4S. The molecule has 0 saturated heterocycles. The van der Waals surface area contributed by atoms with Crippen LogP contribution in [0.3, 0.4) is 0 Å². The first-order valence-electron chi connectivity index (χ1n) is 5.99. The summed E-state index contributed by atoms with van der Waals surface area (Å²) >= 11 is 0. The summed E-state index contributed by atoms with van der Waals surface area (Å²) in [7, 11) is -0.857. The van der Waals surface area contributed by atoms with Gasteiger partial charge in [-0.3, -0.25) is 0 Å². The first-order valence-corrected chi connectivity index (χ1v) is 7.43. The molecule has 0 atom stereocenters. The van der Waals surface area contributed by atoms with Crippen molar-refractivity contribution in [1.82, 2.24) is 9.62 Å². The predicted octanol–water partition coefficient (Wildman–Crippen LogP) is 1.20. The van der Waals surface area contributed by atoms with E-state index in [0.717, 1.165) is 4.31 Å². The lowest BCUT2D eigenvalue weighted by molar-refractivity contribution is -0.173. The smallest absolute Gasteiger partial charge is 0.411 e. The number of ether oxygens (including phenoxy) is 1. The third-order valence-corrected chi connectivity index (χ3v) is 4.05. The zero-order chi connectivity index (χ0) is 16.1. The van der Waals surface area contributed by atoms with Gasteiger partial charge in [0, 0.05) is 20.6 Å². The number of halogens is 3. The van der Waals surface area contributed by atoms with Crippen molar-refractivity contribution >= 4 is 10.0 Å². The van der Waals surface area contributed by atoms with Gasteiger partial charge in [0.2, 0.25) is 5.09 Å². The van der Waals surface area contributed by atoms with Crippen LogP contribution in [0.15, 0.2) is 21.6 Å². The Labute approximate surface area is 120 Å². The molecule has 0 unspecified atom stereocenters. The van der Waals surface area contributed by atoms with Gasteiger partial charge in [0.05, 0.1) is 13.2 Å². The molecule has 1 rings (SSSR count). The second-order valence-corrected chi connectivity index (χ2v) is 6.44. The number of sulfonamides is 1. The predicted molar refractivity (Wildman–Crippen MR) is 68.2 cm³/mol. The molecule has 0 radical (unpaired) electrons. The summed E-state index contributed by atoms with van der Waals surface area (Å²) in [4.78, 5) is 0. The molecule has 1 N–H and O–H groups in total. The second-order valence-electron chi connectivity index (χ2n) is 4.35. The van der Waals surface area contributed by atoms with E-state index in [0.29, 0.717) is 5.76 Å². The second kappa shape index (κ2) is 7.25. The van der Waals surface area contributed by atoms with E-state index in [4.69, 9.17) is 4.42 Å². The summed E-state index contributed by atoms with van der Waals surface area (Å²) in [6.07, 6.45) is -4.34. The molecule has 6 nitrogen and oxygen atoms in total. The van der Waals surface area contributed by atoms with E-state index >= 15 is 0 Å². The van der Waals surface area contributed by atoms with Crippen LogP contribution in [0.25, 0.3) is 0 Å². The van der Waals surface area contributed by atoms with Gasteiger partial charge in [0.15, 0.2) is 0 Å². The Balaban J connectivity index is 2.33. The van der Waals surface area contributed by atoms with Crippen molar-refractivity contribution in [2.75, 3.05) is 33.9 Å². The summed E-state index contributed by atoms with van der Waals surface area (Å²) < 4.78 is 69.4. The van der Waals surface area contributed by atoms with Crippen molar-refractivity contribution in [2.45, 2.75) is 17.8 Å². The standard InChI is InChI=1S/C11H17F3N2O4S/c1-16(2)21(17,18)10-4-3-9(20-10)7-15-5-6-19-8-11(12,13)14/h3-4,15H,5-8H2,1-2H3. The summed E-state index contributed by atoms with van der Waals surface area (Å²) in [5.41, 5.74) is 0. The van der Waals surface area contributed by atoms with Crippen molar-refractivity contribution in [3.63, 3.8) is 0 Å². The molecule has 10 heteroatoms. The highest BCUT2D eigenvalue weighted by Gasteiger charge is 2.27. The van der Waals surface area contributed by atoms with Gasteiger partial charge < -0.3 is 14.5 Å². The minimum absolute atomic E-state index is 0.108. The maximum Gasteiger partial charge on any atom is 0.411 e. The molecule has 1 aromatic heterocycles. The minimum atomic E-state index is -4.34. The minimum Gasteiger partial charge on any atom is -0.447 e. The highest BCUT2D eigenvalue weighted by Crippen LogP contribution is 2.16. The van der Waals surface area contributed by atoms with Crippen LogP contribution < -0.4 is 5.32 Å². The summed E-state index contributed by atoms with van der Waals surface area (Å²) in [5.74, 6) is 0.367. The van der Waals surface area contributed by atoms with Crippen LogP contribution in [0.2, 0.25) is 0 Å². The van der Waals surface area contributed by atoms with Crippen LogP contribution in [0.1, 0.15) is 5.76 Å². The van der Waals surface area contributed by atoms with Crippen molar-refractivity contribution in [2.24, 2.45) is 0 Å². The van der Waals surface area contributed by atoms with E-state index in [9.17, 15) is 21.6 Å². The zero-order valence-electron chi connectivity index (χ0n) is 11.6. The van der Waals surface area contributed by atoms with Gasteiger partial charge >= 0.3 is 6.18 Å². The fourth-order valence-electron chi connectivity index (χ4n) is 1.32. The molecule has 1 heterocycles. The van der Waals surface area contributed by atoms with E-state index < -0.39 is 22.8 Å². The molecule has 0 spiro atoms. The average molecular weight is 330 g/mol. The lowest BCUT2D eigenvalue weighted by atomic mass is 10.4. The zero-order valence-corrected chi connectivity index (χ0v) is 12.4. The summed E-state index contributed by atoms with van der Waals surface area (Å²) in [6.45, 7) is -1.02. The first-order chi connectivity index (χ1) is 9.63. The molecule has 0 fully saturated rings. The molecule has 0 bridgehead atoms. The Morgan fingerprint density at radius 2 is 2.00 bits per heavy atom. The monoisotopic (exact) mass is 330 g/mol. The van der Waals surface area contributed by atoms with E-state index in [1.54, 1.807) is 0 Å². The van der Waals surface area contributed by atoms with Gasteiger partial charge in [-0.1, -0.05) is 0 Å². The van der Waals surface area contributed by atoms with Crippen LogP contribution in [0.4, 0.5) is 13.2 Å². The topological polar surface area (TPSA) is 71.8 Å².